The molecule has 1 aromatic heterocycles. The Morgan fingerprint density at radius 1 is 1.38 bits per heavy atom. The van der Waals surface area contributed by atoms with Crippen molar-refractivity contribution in [3.8, 4) is 0 Å². The molecule has 0 aromatic carbocycles. The summed E-state index contributed by atoms with van der Waals surface area (Å²) in [7, 11) is 0. The highest BCUT2D eigenvalue weighted by atomic mass is 16.5. The Bertz CT molecular complexity index is 285. The van der Waals surface area contributed by atoms with Gasteiger partial charge in [-0.25, -0.2) is 0 Å². The second-order valence-electron chi connectivity index (χ2n) is 3.02. The number of morpholine rings is 1. The van der Waals surface area contributed by atoms with Crippen molar-refractivity contribution < 1.29 is 9.47 Å². The Hall–Kier alpha value is -1.29. The molecule has 2 rings (SSSR count). The van der Waals surface area contributed by atoms with E-state index in [0.29, 0.717) is 0 Å². The second kappa shape index (κ2) is 3.62. The Kier molecular flexibility index (Phi) is 2.31. The molecule has 0 amide bonds. The molecule has 0 unspecified atom stereocenters. The summed E-state index contributed by atoms with van der Waals surface area (Å²) < 4.78 is 6.05. The van der Waals surface area contributed by atoms with Crippen molar-refractivity contribution >= 4 is 5.69 Å². The van der Waals surface area contributed by atoms with Crippen LogP contribution in [-0.2, 0) is 4.74 Å². The van der Waals surface area contributed by atoms with E-state index < -0.39 is 0 Å². The minimum absolute atomic E-state index is 0.744. The number of hydrogen-bond acceptors (Lipinski definition) is 3. The molecule has 1 aliphatic rings. The molecule has 0 spiro atoms. The quantitative estimate of drug-likeness (QED) is 0.456. The third-order valence-corrected chi connectivity index (χ3v) is 2.14. The number of ether oxygens (including phenoxy) is 1. The molecule has 0 aliphatic carbocycles. The highest BCUT2D eigenvalue weighted by Gasteiger charge is 2.12. The highest BCUT2D eigenvalue weighted by Crippen LogP contribution is 2.11. The SMILES string of the molecule is [O-][n+]1cccc(N2CCOCC2)c1. The molecule has 4 heteroatoms. The van der Waals surface area contributed by atoms with Gasteiger partial charge in [0.1, 0.15) is 5.69 Å². The zero-order valence-corrected chi connectivity index (χ0v) is 7.35. The topological polar surface area (TPSA) is 39.4 Å². The van der Waals surface area contributed by atoms with Crippen molar-refractivity contribution in [2.45, 2.75) is 0 Å². The normalized spacial score (nSPS) is 17.4. The van der Waals surface area contributed by atoms with Gasteiger partial charge in [0.25, 0.3) is 0 Å². The fourth-order valence-corrected chi connectivity index (χ4v) is 1.45. The number of pyridine rings is 1. The summed E-state index contributed by atoms with van der Waals surface area (Å²) >= 11 is 0. The van der Waals surface area contributed by atoms with Crippen LogP contribution in [0.5, 0.6) is 0 Å². The molecule has 1 aliphatic heterocycles. The van der Waals surface area contributed by atoms with Gasteiger partial charge in [-0.3, -0.25) is 0 Å². The summed E-state index contributed by atoms with van der Waals surface area (Å²) in [5.41, 5.74) is 0.973. The summed E-state index contributed by atoms with van der Waals surface area (Å²) in [5, 5.41) is 11.0. The molecular formula is C9H12N2O2. The van der Waals surface area contributed by atoms with Crippen LogP contribution >= 0.6 is 0 Å². The lowest BCUT2D eigenvalue weighted by molar-refractivity contribution is -0.604. The molecule has 1 saturated heterocycles. The number of rotatable bonds is 1. The molecule has 0 atom stereocenters. The predicted octanol–water partition coefficient (Wildman–Crippen LogP) is 0.157. The van der Waals surface area contributed by atoms with Gasteiger partial charge in [0.05, 0.1) is 13.2 Å². The van der Waals surface area contributed by atoms with Gasteiger partial charge in [0.15, 0.2) is 6.20 Å². The zero-order chi connectivity index (χ0) is 9.10. The minimum Gasteiger partial charge on any atom is -0.619 e. The van der Waals surface area contributed by atoms with Gasteiger partial charge in [-0.05, 0) is 6.07 Å². The van der Waals surface area contributed by atoms with Gasteiger partial charge in [-0.1, -0.05) is 0 Å². The maximum atomic E-state index is 11.0. The third-order valence-electron chi connectivity index (χ3n) is 2.14. The van der Waals surface area contributed by atoms with Gasteiger partial charge in [0.2, 0.25) is 6.20 Å². The van der Waals surface area contributed by atoms with Crippen LogP contribution in [0, 0.1) is 5.21 Å². The van der Waals surface area contributed by atoms with Crippen LogP contribution in [0.25, 0.3) is 0 Å². The maximum absolute atomic E-state index is 11.0. The standard InChI is InChI=1S/C9H12N2O2/c12-11-3-1-2-9(8-11)10-4-6-13-7-5-10/h1-3,8H,4-7H2. The van der Waals surface area contributed by atoms with Crippen molar-refractivity contribution in [1.29, 1.82) is 0 Å². The van der Waals surface area contributed by atoms with E-state index in [1.54, 1.807) is 12.3 Å². The summed E-state index contributed by atoms with van der Waals surface area (Å²) in [5.74, 6) is 0. The van der Waals surface area contributed by atoms with Crippen LogP contribution in [0.1, 0.15) is 0 Å². The minimum atomic E-state index is 0.744. The van der Waals surface area contributed by atoms with E-state index in [1.807, 2.05) is 6.07 Å². The lowest BCUT2D eigenvalue weighted by Gasteiger charge is -2.27. The van der Waals surface area contributed by atoms with Crippen molar-refractivity contribution in [2.24, 2.45) is 0 Å². The van der Waals surface area contributed by atoms with E-state index in [9.17, 15) is 5.21 Å². The van der Waals surface area contributed by atoms with E-state index in [0.717, 1.165) is 36.7 Å². The first-order valence-corrected chi connectivity index (χ1v) is 4.38. The van der Waals surface area contributed by atoms with Crippen LogP contribution < -0.4 is 9.63 Å². The van der Waals surface area contributed by atoms with Crippen LogP contribution in [0.2, 0.25) is 0 Å². The van der Waals surface area contributed by atoms with Crippen LogP contribution in [0.3, 0.4) is 0 Å². The molecular weight excluding hydrogens is 168 g/mol. The first-order chi connectivity index (χ1) is 6.36. The number of hydrogen-bond donors (Lipinski definition) is 0. The number of anilines is 1. The molecule has 0 radical (unpaired) electrons. The van der Waals surface area contributed by atoms with Crippen molar-refractivity contribution in [1.82, 2.24) is 0 Å². The molecule has 1 fully saturated rings. The summed E-state index contributed by atoms with van der Waals surface area (Å²) in [6.07, 6.45) is 3.08. The Balaban J connectivity index is 2.14. The fourth-order valence-electron chi connectivity index (χ4n) is 1.45. The van der Waals surface area contributed by atoms with Gasteiger partial charge in [0, 0.05) is 19.2 Å². The molecule has 4 nitrogen and oxygen atoms in total. The molecule has 2 heterocycles. The molecule has 13 heavy (non-hydrogen) atoms. The summed E-state index contributed by atoms with van der Waals surface area (Å²) in [6, 6.07) is 3.71. The smallest absolute Gasteiger partial charge is 0.203 e. The van der Waals surface area contributed by atoms with Crippen LogP contribution in [0.15, 0.2) is 24.5 Å². The Morgan fingerprint density at radius 3 is 2.85 bits per heavy atom. The monoisotopic (exact) mass is 180 g/mol. The molecule has 0 N–H and O–H groups in total. The first-order valence-electron chi connectivity index (χ1n) is 4.38. The lowest BCUT2D eigenvalue weighted by atomic mass is 10.3. The van der Waals surface area contributed by atoms with Crippen LogP contribution in [0.4, 0.5) is 5.69 Å². The van der Waals surface area contributed by atoms with E-state index in [1.165, 1.54) is 6.20 Å². The molecule has 0 saturated carbocycles. The van der Waals surface area contributed by atoms with Crippen molar-refractivity contribution in [3.63, 3.8) is 0 Å². The van der Waals surface area contributed by atoms with Gasteiger partial charge in [-0.15, -0.1) is 0 Å². The lowest BCUT2D eigenvalue weighted by Crippen LogP contribution is -2.38. The Morgan fingerprint density at radius 2 is 2.15 bits per heavy atom. The Labute approximate surface area is 76.9 Å². The molecule has 1 aromatic rings. The van der Waals surface area contributed by atoms with Crippen LogP contribution in [-0.4, -0.2) is 26.3 Å². The predicted molar refractivity (Wildman–Crippen MR) is 48.4 cm³/mol. The van der Waals surface area contributed by atoms with Crippen molar-refractivity contribution in [3.05, 3.63) is 29.7 Å². The first kappa shape index (κ1) is 8.31. The zero-order valence-electron chi connectivity index (χ0n) is 7.35. The average Bonchev–Trinajstić information content (AvgIpc) is 2.19. The molecule has 0 bridgehead atoms. The molecule has 70 valence electrons. The van der Waals surface area contributed by atoms with Gasteiger partial charge in [-0.2, -0.15) is 4.73 Å². The van der Waals surface area contributed by atoms with Gasteiger partial charge < -0.3 is 14.8 Å². The largest absolute Gasteiger partial charge is 0.619 e. The average molecular weight is 180 g/mol. The summed E-state index contributed by atoms with van der Waals surface area (Å²) in [4.78, 5) is 2.15. The fraction of sp³-hybridized carbons (Fsp3) is 0.444. The van der Waals surface area contributed by atoms with E-state index >= 15 is 0 Å². The van der Waals surface area contributed by atoms with Crippen molar-refractivity contribution in [2.75, 3.05) is 31.2 Å². The summed E-state index contributed by atoms with van der Waals surface area (Å²) in [6.45, 7) is 3.22. The third kappa shape index (κ3) is 1.89. The highest BCUT2D eigenvalue weighted by molar-refractivity contribution is 5.42. The maximum Gasteiger partial charge on any atom is 0.203 e. The number of aromatic nitrogens is 1. The number of nitrogens with zero attached hydrogens (tertiary/aromatic N) is 2. The van der Waals surface area contributed by atoms with E-state index in [-0.39, 0.29) is 0 Å². The van der Waals surface area contributed by atoms with Gasteiger partial charge >= 0.3 is 0 Å². The van der Waals surface area contributed by atoms with E-state index in [4.69, 9.17) is 4.74 Å². The second-order valence-corrected chi connectivity index (χ2v) is 3.02. The van der Waals surface area contributed by atoms with E-state index in [2.05, 4.69) is 4.90 Å².